The maximum absolute atomic E-state index is 15.6. The van der Waals surface area contributed by atoms with Gasteiger partial charge in [0.1, 0.15) is 40.9 Å². The van der Waals surface area contributed by atoms with Crippen molar-refractivity contribution in [1.29, 1.82) is 0 Å². The smallest absolute Gasteiger partial charge is 0.297 e. The highest BCUT2D eigenvalue weighted by Crippen LogP contribution is 2.60. The fourth-order valence-corrected chi connectivity index (χ4v) is 7.83. The van der Waals surface area contributed by atoms with Crippen LogP contribution in [0.25, 0.3) is 22.0 Å². The van der Waals surface area contributed by atoms with E-state index >= 15 is 8.78 Å². The molecule has 0 fully saturated rings. The minimum absolute atomic E-state index is 0.00659. The van der Waals surface area contributed by atoms with Crippen LogP contribution in [-0.4, -0.2) is 49.6 Å². The summed E-state index contributed by atoms with van der Waals surface area (Å²) in [6.07, 6.45) is -0.997. The molecule has 2 aliphatic rings. The maximum atomic E-state index is 15.6. The summed E-state index contributed by atoms with van der Waals surface area (Å²) in [5.74, 6) is -3.76. The van der Waals surface area contributed by atoms with Crippen molar-refractivity contribution in [2.75, 3.05) is 4.72 Å². The summed E-state index contributed by atoms with van der Waals surface area (Å²) in [6.45, 7) is 1.89. The van der Waals surface area contributed by atoms with Gasteiger partial charge in [-0.2, -0.15) is 27.4 Å². The van der Waals surface area contributed by atoms with Gasteiger partial charge in [-0.05, 0) is 62.1 Å². The highest BCUT2D eigenvalue weighted by atomic mass is 35.5. The number of alkyl halides is 4. The minimum Gasteiger partial charge on any atom is -0.378 e. The van der Waals surface area contributed by atoms with E-state index in [9.17, 15) is 35.9 Å². The number of halogens is 7. The van der Waals surface area contributed by atoms with Crippen LogP contribution in [0.15, 0.2) is 54.6 Å². The molecule has 3 heterocycles. The van der Waals surface area contributed by atoms with Gasteiger partial charge >= 0.3 is 0 Å². The molecule has 1 amide bonds. The van der Waals surface area contributed by atoms with Crippen LogP contribution in [0.4, 0.5) is 32.2 Å². The number of rotatable bonds is 10. The standard InChI is InChI=1S/C37H31ClF6N8O4S/c1-36(2,54)11-10-20-4-5-21(22-7-9-25(38)29-32(22)51(3)49-35(29)50-57(45,55)56)30(46-20)26(14-17-12-18(39)15-19(40)13-17)47-27(53)16-52-33-28(31(48-52)34(41)42)23-6-8-24(23)37(33,43)44/h4-9,12-13,15,23-24,26,34,54H,14,16H2,1-3H3,(H,47,53)(H,49,50)(H2,45,55,56)/t23-,24+,26-/m0/s1. The highest BCUT2D eigenvalue weighted by molar-refractivity contribution is 7.90. The number of allylic oxidation sites excluding steroid dienone is 2. The van der Waals surface area contributed by atoms with Crippen LogP contribution in [0.2, 0.25) is 5.02 Å². The average molecular weight is 833 g/mol. The van der Waals surface area contributed by atoms with Crippen molar-refractivity contribution in [3.8, 4) is 23.0 Å². The molecule has 0 spiro atoms. The average Bonchev–Trinajstić information content (AvgIpc) is 3.63. The van der Waals surface area contributed by atoms with Crippen molar-refractivity contribution in [3.05, 3.63) is 105 Å². The highest BCUT2D eigenvalue weighted by Gasteiger charge is 2.60. The number of nitrogens with one attached hydrogen (secondary N) is 2. The lowest BCUT2D eigenvalue weighted by molar-refractivity contribution is -0.123. The Morgan fingerprint density at radius 1 is 1.07 bits per heavy atom. The quantitative estimate of drug-likeness (QED) is 0.0770. The minimum atomic E-state index is -4.33. The predicted molar refractivity (Wildman–Crippen MR) is 196 cm³/mol. The molecule has 12 nitrogen and oxygen atoms in total. The Morgan fingerprint density at radius 3 is 2.37 bits per heavy atom. The van der Waals surface area contributed by atoms with E-state index in [-0.39, 0.29) is 56.2 Å². The number of anilines is 1. The van der Waals surface area contributed by atoms with Gasteiger partial charge in [0.25, 0.3) is 22.6 Å². The molecular formula is C37H31ClF6N8O4S. The lowest BCUT2D eigenvalue weighted by Crippen LogP contribution is -2.35. The number of amides is 1. The van der Waals surface area contributed by atoms with Gasteiger partial charge in [-0.1, -0.05) is 35.7 Å². The van der Waals surface area contributed by atoms with Crippen LogP contribution in [-0.2, 0) is 40.9 Å². The Labute approximate surface area is 325 Å². The number of nitrogens with two attached hydrogens (primary N) is 1. The first kappa shape index (κ1) is 39.8. The van der Waals surface area contributed by atoms with Gasteiger partial charge in [-0.3, -0.25) is 18.9 Å². The first-order valence-electron chi connectivity index (χ1n) is 17.0. The number of pyridine rings is 1. The number of benzene rings is 2. The molecule has 2 aliphatic carbocycles. The van der Waals surface area contributed by atoms with Gasteiger partial charge in [-0.15, -0.1) is 0 Å². The number of aryl methyl sites for hydroxylation is 1. The molecule has 3 atom stereocenters. The van der Waals surface area contributed by atoms with Crippen LogP contribution < -0.4 is 15.2 Å². The Kier molecular flexibility index (Phi) is 9.91. The largest absolute Gasteiger partial charge is 0.378 e. The van der Waals surface area contributed by atoms with E-state index in [0.717, 1.165) is 12.1 Å². The van der Waals surface area contributed by atoms with E-state index in [1.54, 1.807) is 6.07 Å². The van der Waals surface area contributed by atoms with E-state index in [1.165, 1.54) is 55.9 Å². The van der Waals surface area contributed by atoms with Crippen molar-refractivity contribution < 1.29 is 44.7 Å². The molecule has 0 unspecified atom stereocenters. The summed E-state index contributed by atoms with van der Waals surface area (Å²) < 4.78 is 116. The van der Waals surface area contributed by atoms with Gasteiger partial charge in [-0.25, -0.2) is 27.7 Å². The summed E-state index contributed by atoms with van der Waals surface area (Å²) in [4.78, 5) is 18.6. The van der Waals surface area contributed by atoms with Gasteiger partial charge < -0.3 is 10.4 Å². The molecule has 0 aliphatic heterocycles. The van der Waals surface area contributed by atoms with Gasteiger partial charge in [0, 0.05) is 35.7 Å². The Hall–Kier alpha value is -5.42. The lowest BCUT2D eigenvalue weighted by Gasteiger charge is -2.27. The number of carbonyl (C=O) groups is 1. The van der Waals surface area contributed by atoms with Crippen molar-refractivity contribution in [2.24, 2.45) is 18.1 Å². The molecule has 3 aromatic heterocycles. The van der Waals surface area contributed by atoms with Crippen LogP contribution in [0, 0.1) is 29.4 Å². The first-order valence-corrected chi connectivity index (χ1v) is 19.0. The third-order valence-corrected chi connectivity index (χ3v) is 10.2. The number of carbonyl (C=O) groups excluding carboxylic acids is 1. The van der Waals surface area contributed by atoms with Crippen molar-refractivity contribution in [1.82, 2.24) is 29.9 Å². The van der Waals surface area contributed by atoms with Crippen LogP contribution in [0.3, 0.4) is 0 Å². The summed E-state index contributed by atoms with van der Waals surface area (Å²) in [6, 6.07) is 7.27. The fraction of sp³-hybridized carbons (Fsp3) is 0.297. The molecule has 0 saturated carbocycles. The second kappa shape index (κ2) is 14.2. The fourth-order valence-electron chi connectivity index (χ4n) is 7.18. The molecule has 57 heavy (non-hydrogen) atoms. The number of aromatic nitrogens is 5. The van der Waals surface area contributed by atoms with Crippen LogP contribution in [0.5, 0.6) is 0 Å². The molecule has 0 bridgehead atoms. The molecule has 0 radical (unpaired) electrons. The lowest BCUT2D eigenvalue weighted by atomic mass is 9.81. The second-order valence-corrected chi connectivity index (χ2v) is 15.8. The normalized spacial score (nSPS) is 17.5. The zero-order chi connectivity index (χ0) is 41.4. The van der Waals surface area contributed by atoms with Crippen molar-refractivity contribution >= 4 is 44.4 Å². The molecule has 2 aromatic carbocycles. The first-order chi connectivity index (χ1) is 26.6. The second-order valence-electron chi connectivity index (χ2n) is 14.1. The monoisotopic (exact) mass is 832 g/mol. The number of hydrogen-bond donors (Lipinski definition) is 4. The van der Waals surface area contributed by atoms with Crippen molar-refractivity contribution in [3.63, 3.8) is 0 Å². The third-order valence-electron chi connectivity index (χ3n) is 9.41. The summed E-state index contributed by atoms with van der Waals surface area (Å²) in [5, 5.41) is 26.4. The molecule has 20 heteroatoms. The number of hydrogen-bond acceptors (Lipinski definition) is 7. The zero-order valence-corrected chi connectivity index (χ0v) is 31.5. The Balaban J connectivity index is 1.39. The summed E-state index contributed by atoms with van der Waals surface area (Å²) in [5.41, 5.74) is -2.67. The predicted octanol–water partition coefficient (Wildman–Crippen LogP) is 5.91. The van der Waals surface area contributed by atoms with E-state index < -0.39 is 81.5 Å². The molecule has 298 valence electrons. The molecular weight excluding hydrogens is 802 g/mol. The Bertz CT molecular complexity index is 2660. The van der Waals surface area contributed by atoms with E-state index in [1.807, 2.05) is 0 Å². The summed E-state index contributed by atoms with van der Waals surface area (Å²) >= 11 is 6.53. The number of aliphatic hydroxyl groups is 1. The summed E-state index contributed by atoms with van der Waals surface area (Å²) in [7, 11) is -2.85. The van der Waals surface area contributed by atoms with Gasteiger partial charge in [0.05, 0.1) is 33.6 Å². The van der Waals surface area contributed by atoms with Crippen molar-refractivity contribution in [2.45, 2.75) is 56.7 Å². The van der Waals surface area contributed by atoms with E-state index in [0.29, 0.717) is 16.3 Å². The zero-order valence-electron chi connectivity index (χ0n) is 30.0. The molecule has 0 saturated heterocycles. The topological polar surface area (TPSA) is 170 Å². The number of fused-ring (bicyclic) bond motifs is 4. The van der Waals surface area contributed by atoms with E-state index in [4.69, 9.17) is 16.7 Å². The number of nitrogens with zero attached hydrogens (tertiary/aromatic N) is 5. The van der Waals surface area contributed by atoms with E-state index in [2.05, 4.69) is 37.1 Å². The molecule has 5 N–H and O–H groups in total. The Morgan fingerprint density at radius 2 is 1.75 bits per heavy atom. The van der Waals surface area contributed by atoms with Crippen LogP contribution in [0.1, 0.15) is 66.1 Å². The maximum Gasteiger partial charge on any atom is 0.297 e. The van der Waals surface area contributed by atoms with Crippen LogP contribution >= 0.6 is 11.6 Å². The third kappa shape index (κ3) is 7.69. The molecule has 5 aromatic rings. The van der Waals surface area contributed by atoms with Gasteiger partial charge in [0.15, 0.2) is 5.82 Å². The molecule has 7 rings (SSSR count). The SMILES string of the molecule is Cn1nc(NS(N)(=O)=O)c2c(Cl)ccc(-c3ccc(C#CC(C)(C)O)nc3[C@H](Cc3cc(F)cc(F)c3)NC(=O)Cn3nc(C(F)F)c4c3C(F)(F)[C@@H]3C=C[C@H]43)c21. The van der Waals surface area contributed by atoms with Gasteiger partial charge in [0.2, 0.25) is 5.91 Å².